The van der Waals surface area contributed by atoms with E-state index in [2.05, 4.69) is 34.3 Å². The molecule has 0 unspecified atom stereocenters. The van der Waals surface area contributed by atoms with Crippen LogP contribution in [0.25, 0.3) is 0 Å². The largest absolute Gasteiger partial charge is 0.350 e. The molecule has 1 amide bonds. The number of aryl methyl sites for hydroxylation is 1. The predicted molar refractivity (Wildman–Crippen MR) is 107 cm³/mol. The number of rotatable bonds is 5. The van der Waals surface area contributed by atoms with Crippen molar-refractivity contribution in [2.24, 2.45) is 0 Å². The zero-order valence-corrected chi connectivity index (χ0v) is 16.2. The summed E-state index contributed by atoms with van der Waals surface area (Å²) in [6.07, 6.45) is 0. The summed E-state index contributed by atoms with van der Waals surface area (Å²) in [6, 6.07) is 15.8. The smallest absolute Gasteiger partial charge is 0.251 e. The van der Waals surface area contributed by atoms with E-state index < -0.39 is 0 Å². The van der Waals surface area contributed by atoms with E-state index in [1.54, 1.807) is 0 Å². The van der Waals surface area contributed by atoms with Gasteiger partial charge in [-0.05, 0) is 43.3 Å². The molecule has 1 atom stereocenters. The Kier molecular flexibility index (Phi) is 6.30. The van der Waals surface area contributed by atoms with Gasteiger partial charge in [0.2, 0.25) is 0 Å². The number of hydrogen-bond donors (Lipinski definition) is 1. The predicted octanol–water partition coefficient (Wildman–Crippen LogP) is 3.37. The van der Waals surface area contributed by atoms with E-state index in [1.807, 2.05) is 43.3 Å². The van der Waals surface area contributed by atoms with Crippen molar-refractivity contribution < 1.29 is 4.79 Å². The van der Waals surface area contributed by atoms with Crippen LogP contribution in [0.2, 0.25) is 5.02 Å². The first-order valence-corrected chi connectivity index (χ1v) is 9.44. The van der Waals surface area contributed by atoms with Crippen molar-refractivity contribution in [1.29, 1.82) is 0 Å². The summed E-state index contributed by atoms with van der Waals surface area (Å²) in [5.74, 6) is -0.0174. The van der Waals surface area contributed by atoms with Crippen LogP contribution in [0.1, 0.15) is 27.5 Å². The molecule has 0 radical (unpaired) electrons. The first kappa shape index (κ1) is 18.9. The van der Waals surface area contributed by atoms with E-state index in [1.165, 1.54) is 5.56 Å². The molecular formula is C21H26ClN3O. The minimum absolute atomic E-state index is 0.0174. The second-order valence-corrected chi connectivity index (χ2v) is 7.37. The van der Waals surface area contributed by atoms with Crippen LogP contribution < -0.4 is 5.32 Å². The molecule has 3 rings (SSSR count). The molecule has 1 fully saturated rings. The number of nitrogens with one attached hydrogen (secondary N) is 1. The van der Waals surface area contributed by atoms with Gasteiger partial charge in [-0.25, -0.2) is 0 Å². The Morgan fingerprint density at radius 3 is 2.38 bits per heavy atom. The highest BCUT2D eigenvalue weighted by atomic mass is 35.5. The number of piperazine rings is 1. The van der Waals surface area contributed by atoms with Gasteiger partial charge in [-0.1, -0.05) is 41.9 Å². The highest BCUT2D eigenvalue weighted by molar-refractivity contribution is 6.30. The first-order chi connectivity index (χ1) is 12.5. The molecule has 0 bridgehead atoms. The molecule has 138 valence electrons. The van der Waals surface area contributed by atoms with Crippen molar-refractivity contribution in [2.45, 2.75) is 13.0 Å². The third-order valence-corrected chi connectivity index (χ3v) is 5.33. The van der Waals surface area contributed by atoms with E-state index in [0.29, 0.717) is 6.54 Å². The average Bonchev–Trinajstić information content (AvgIpc) is 2.65. The highest BCUT2D eigenvalue weighted by Gasteiger charge is 2.24. The molecule has 2 aromatic rings. The van der Waals surface area contributed by atoms with Crippen LogP contribution in [0.3, 0.4) is 0 Å². The van der Waals surface area contributed by atoms with Crippen molar-refractivity contribution in [3.05, 3.63) is 70.2 Å². The summed E-state index contributed by atoms with van der Waals surface area (Å²) in [5, 5.41) is 3.87. The number of hydrogen-bond acceptors (Lipinski definition) is 3. The first-order valence-electron chi connectivity index (χ1n) is 9.06. The Balaban J connectivity index is 1.74. The van der Waals surface area contributed by atoms with Gasteiger partial charge in [-0.3, -0.25) is 9.69 Å². The van der Waals surface area contributed by atoms with Gasteiger partial charge in [0, 0.05) is 43.3 Å². The van der Waals surface area contributed by atoms with Gasteiger partial charge in [0.1, 0.15) is 0 Å². The summed E-state index contributed by atoms with van der Waals surface area (Å²) in [6.45, 7) is 6.60. The summed E-state index contributed by atoms with van der Waals surface area (Å²) in [4.78, 5) is 17.4. The molecule has 0 aliphatic carbocycles. The molecular weight excluding hydrogens is 346 g/mol. The molecule has 1 aliphatic rings. The van der Waals surface area contributed by atoms with Gasteiger partial charge in [-0.2, -0.15) is 0 Å². The molecule has 1 saturated heterocycles. The van der Waals surface area contributed by atoms with E-state index in [9.17, 15) is 4.79 Å². The van der Waals surface area contributed by atoms with Gasteiger partial charge in [0.05, 0.1) is 6.04 Å². The molecule has 0 spiro atoms. The van der Waals surface area contributed by atoms with E-state index >= 15 is 0 Å². The van der Waals surface area contributed by atoms with Crippen molar-refractivity contribution in [1.82, 2.24) is 15.1 Å². The highest BCUT2D eigenvalue weighted by Crippen LogP contribution is 2.23. The van der Waals surface area contributed by atoms with Gasteiger partial charge in [0.25, 0.3) is 5.91 Å². The molecule has 26 heavy (non-hydrogen) atoms. The van der Waals surface area contributed by atoms with Crippen LogP contribution in [-0.2, 0) is 0 Å². The Morgan fingerprint density at radius 1 is 1.08 bits per heavy atom. The minimum Gasteiger partial charge on any atom is -0.350 e. The number of carbonyl (C=O) groups is 1. The number of nitrogens with zero attached hydrogens (tertiary/aromatic N) is 2. The summed E-state index contributed by atoms with van der Waals surface area (Å²) in [5.41, 5.74) is 2.91. The van der Waals surface area contributed by atoms with Crippen molar-refractivity contribution in [2.75, 3.05) is 39.8 Å². The van der Waals surface area contributed by atoms with Crippen LogP contribution in [0.15, 0.2) is 48.5 Å². The van der Waals surface area contributed by atoms with Crippen LogP contribution in [0, 0.1) is 6.92 Å². The lowest BCUT2D eigenvalue weighted by atomic mass is 10.0. The van der Waals surface area contributed by atoms with Crippen molar-refractivity contribution in [3.63, 3.8) is 0 Å². The van der Waals surface area contributed by atoms with Gasteiger partial charge < -0.3 is 10.2 Å². The van der Waals surface area contributed by atoms with Crippen LogP contribution >= 0.6 is 11.6 Å². The number of carbonyl (C=O) groups excluding carboxylic acids is 1. The number of likely N-dealkylation sites (N-methyl/N-ethyl adjacent to an activating group) is 1. The Bertz CT molecular complexity index is 739. The number of amides is 1. The zero-order chi connectivity index (χ0) is 18.5. The minimum atomic E-state index is -0.0174. The summed E-state index contributed by atoms with van der Waals surface area (Å²) >= 11 is 6.06. The van der Waals surface area contributed by atoms with E-state index in [-0.39, 0.29) is 11.9 Å². The Morgan fingerprint density at radius 2 is 1.73 bits per heavy atom. The van der Waals surface area contributed by atoms with Crippen LogP contribution in [0.5, 0.6) is 0 Å². The standard InChI is InChI=1S/C21H26ClN3O/c1-16-5-3-4-6-19(16)21(26)23-15-20(17-7-9-18(22)10-8-17)25-13-11-24(2)12-14-25/h3-10,20H,11-15H2,1-2H3,(H,23,26)/t20-/m0/s1. The maximum absolute atomic E-state index is 12.6. The normalized spacial score (nSPS) is 17.0. The van der Waals surface area contributed by atoms with Crippen LogP contribution in [0.4, 0.5) is 0 Å². The van der Waals surface area contributed by atoms with Gasteiger partial charge in [0.15, 0.2) is 0 Å². The summed E-state index contributed by atoms with van der Waals surface area (Å²) < 4.78 is 0. The average molecular weight is 372 g/mol. The lowest BCUT2D eigenvalue weighted by Gasteiger charge is -2.38. The van der Waals surface area contributed by atoms with Crippen molar-refractivity contribution in [3.8, 4) is 0 Å². The van der Waals surface area contributed by atoms with E-state index in [0.717, 1.165) is 42.3 Å². The second kappa shape index (κ2) is 8.67. The number of benzene rings is 2. The third kappa shape index (κ3) is 4.64. The molecule has 0 saturated carbocycles. The quantitative estimate of drug-likeness (QED) is 0.875. The summed E-state index contributed by atoms with van der Waals surface area (Å²) in [7, 11) is 2.15. The molecule has 4 nitrogen and oxygen atoms in total. The fourth-order valence-corrected chi connectivity index (χ4v) is 3.51. The fraction of sp³-hybridized carbons (Fsp3) is 0.381. The molecule has 5 heteroatoms. The third-order valence-electron chi connectivity index (χ3n) is 5.08. The lowest BCUT2D eigenvalue weighted by Crippen LogP contribution is -2.48. The Hall–Kier alpha value is -1.88. The fourth-order valence-electron chi connectivity index (χ4n) is 3.39. The van der Waals surface area contributed by atoms with Gasteiger partial charge in [-0.15, -0.1) is 0 Å². The topological polar surface area (TPSA) is 35.6 Å². The van der Waals surface area contributed by atoms with Gasteiger partial charge >= 0.3 is 0 Å². The van der Waals surface area contributed by atoms with Crippen molar-refractivity contribution >= 4 is 17.5 Å². The second-order valence-electron chi connectivity index (χ2n) is 6.93. The maximum atomic E-state index is 12.6. The molecule has 2 aromatic carbocycles. The zero-order valence-electron chi connectivity index (χ0n) is 15.4. The lowest BCUT2D eigenvalue weighted by molar-refractivity contribution is 0.0885. The molecule has 0 aromatic heterocycles. The molecule has 1 N–H and O–H groups in total. The van der Waals surface area contributed by atoms with Crippen LogP contribution in [-0.4, -0.2) is 55.5 Å². The maximum Gasteiger partial charge on any atom is 0.251 e. The Labute approximate surface area is 160 Å². The monoisotopic (exact) mass is 371 g/mol. The van der Waals surface area contributed by atoms with E-state index in [4.69, 9.17) is 11.6 Å². The molecule has 1 aliphatic heterocycles. The number of halogens is 1. The molecule has 1 heterocycles. The SMILES string of the molecule is Cc1ccccc1C(=O)NC[C@@H](c1ccc(Cl)cc1)N1CCN(C)CC1.